The molecule has 25 heavy (non-hydrogen) atoms. The molecular weight excluding hydrogens is 362 g/mol. The number of halogens is 1. The zero-order chi connectivity index (χ0) is 18.1. The Balaban J connectivity index is 1.71. The number of nitrogens with zero attached hydrogens (tertiary/aromatic N) is 1. The van der Waals surface area contributed by atoms with Gasteiger partial charge in [-0.15, -0.1) is 0 Å². The van der Waals surface area contributed by atoms with Crippen molar-refractivity contribution < 1.29 is 17.4 Å². The molecule has 1 unspecified atom stereocenters. The van der Waals surface area contributed by atoms with Gasteiger partial charge in [0.05, 0.1) is 18.3 Å². The van der Waals surface area contributed by atoms with Crippen LogP contribution in [0.1, 0.15) is 37.7 Å². The van der Waals surface area contributed by atoms with Crippen molar-refractivity contribution in [1.82, 2.24) is 4.90 Å². The minimum atomic E-state index is -3.45. The Morgan fingerprint density at radius 3 is 2.52 bits per heavy atom. The lowest BCUT2D eigenvalue weighted by Crippen LogP contribution is -2.54. The van der Waals surface area contributed by atoms with Crippen molar-refractivity contribution in [3.05, 3.63) is 34.9 Å². The maximum absolute atomic E-state index is 13.3. The van der Waals surface area contributed by atoms with Gasteiger partial charge in [-0.2, -0.15) is 8.42 Å². The fourth-order valence-electron chi connectivity index (χ4n) is 3.83. The van der Waals surface area contributed by atoms with Crippen molar-refractivity contribution in [2.24, 2.45) is 5.92 Å². The Bertz CT molecular complexity index is 728. The maximum Gasteiger partial charge on any atom is 0.264 e. The number of carbonyl (C=O) groups excluding carboxylic acids is 1. The lowest BCUT2D eigenvalue weighted by Gasteiger charge is -2.46. The molecule has 1 amide bonds. The summed E-state index contributed by atoms with van der Waals surface area (Å²) in [5.41, 5.74) is 0.590. The van der Waals surface area contributed by atoms with Crippen LogP contribution in [0.5, 0.6) is 0 Å². The predicted octanol–water partition coefficient (Wildman–Crippen LogP) is 2.98. The molecule has 1 aromatic carbocycles. The maximum atomic E-state index is 13.3. The lowest BCUT2D eigenvalue weighted by atomic mass is 9.63. The topological polar surface area (TPSA) is 63.7 Å². The van der Waals surface area contributed by atoms with Crippen LogP contribution in [-0.2, 0) is 24.5 Å². The predicted molar refractivity (Wildman–Crippen MR) is 97.1 cm³/mol. The molecule has 0 spiro atoms. The zero-order valence-corrected chi connectivity index (χ0v) is 16.0. The molecule has 0 N–H and O–H groups in total. The Kier molecular flexibility index (Phi) is 5.42. The van der Waals surface area contributed by atoms with Crippen LogP contribution in [0, 0.1) is 5.92 Å². The Hall–Kier alpha value is -1.11. The van der Waals surface area contributed by atoms with Crippen molar-refractivity contribution in [3.8, 4) is 0 Å². The first-order valence-electron chi connectivity index (χ1n) is 8.70. The second kappa shape index (κ2) is 7.25. The summed E-state index contributed by atoms with van der Waals surface area (Å²) in [6.45, 7) is 1.43. The van der Waals surface area contributed by atoms with Crippen LogP contribution in [0.15, 0.2) is 24.3 Å². The summed E-state index contributed by atoms with van der Waals surface area (Å²) in [7, 11) is -3.45. The van der Waals surface area contributed by atoms with Crippen molar-refractivity contribution in [3.63, 3.8) is 0 Å². The smallest absolute Gasteiger partial charge is 0.264 e. The Morgan fingerprint density at radius 1 is 1.28 bits per heavy atom. The molecule has 1 saturated heterocycles. The number of hydrogen-bond donors (Lipinski definition) is 0. The fraction of sp³-hybridized carbons (Fsp3) is 0.611. The minimum absolute atomic E-state index is 0.0646. The SMILES string of the molecule is CS(=O)(=O)OCC1CCCN(C(=O)C2(c3ccc(Cl)cc3)CCC2)C1. The molecule has 0 bridgehead atoms. The second-order valence-electron chi connectivity index (χ2n) is 7.19. The van der Waals surface area contributed by atoms with Gasteiger partial charge in [0.15, 0.2) is 0 Å². The first-order valence-corrected chi connectivity index (χ1v) is 10.9. The average Bonchev–Trinajstić information content (AvgIpc) is 2.53. The van der Waals surface area contributed by atoms with Crippen molar-refractivity contribution >= 4 is 27.6 Å². The number of amides is 1. The average molecular weight is 386 g/mol. The van der Waals surface area contributed by atoms with Crippen LogP contribution in [0.2, 0.25) is 5.02 Å². The number of benzene rings is 1. The summed E-state index contributed by atoms with van der Waals surface area (Å²) in [4.78, 5) is 15.2. The summed E-state index contributed by atoms with van der Waals surface area (Å²) in [5.74, 6) is 0.222. The van der Waals surface area contributed by atoms with Gasteiger partial charge in [0.2, 0.25) is 5.91 Å². The van der Waals surface area contributed by atoms with Crippen LogP contribution < -0.4 is 0 Å². The minimum Gasteiger partial charge on any atom is -0.342 e. The Labute approximate surface area is 154 Å². The standard InChI is InChI=1S/C18H24ClNO4S/c1-25(22,23)24-13-14-4-2-11-20(12-14)17(21)18(9-3-10-18)15-5-7-16(19)8-6-15/h5-8,14H,2-4,9-13H2,1H3. The highest BCUT2D eigenvalue weighted by atomic mass is 35.5. The van der Waals surface area contributed by atoms with Gasteiger partial charge in [0.1, 0.15) is 0 Å². The van der Waals surface area contributed by atoms with E-state index >= 15 is 0 Å². The molecule has 2 aliphatic rings. The molecule has 1 heterocycles. The molecule has 1 aliphatic heterocycles. The van der Waals surface area contributed by atoms with E-state index in [2.05, 4.69) is 0 Å². The zero-order valence-electron chi connectivity index (χ0n) is 14.4. The van der Waals surface area contributed by atoms with E-state index in [4.69, 9.17) is 15.8 Å². The monoisotopic (exact) mass is 385 g/mol. The van der Waals surface area contributed by atoms with Gasteiger partial charge in [0, 0.05) is 24.0 Å². The molecule has 1 saturated carbocycles. The molecule has 3 rings (SSSR count). The third kappa shape index (κ3) is 4.18. The summed E-state index contributed by atoms with van der Waals surface area (Å²) < 4.78 is 27.3. The summed E-state index contributed by atoms with van der Waals surface area (Å²) in [6.07, 6.45) is 5.57. The van der Waals surface area contributed by atoms with Gasteiger partial charge in [-0.3, -0.25) is 8.98 Å². The van der Waals surface area contributed by atoms with E-state index in [9.17, 15) is 13.2 Å². The number of likely N-dealkylation sites (tertiary alicyclic amines) is 1. The molecular formula is C18H24ClNO4S. The van der Waals surface area contributed by atoms with E-state index in [1.807, 2.05) is 29.2 Å². The molecule has 5 nitrogen and oxygen atoms in total. The van der Waals surface area contributed by atoms with E-state index in [1.54, 1.807) is 0 Å². The van der Waals surface area contributed by atoms with Gasteiger partial charge in [-0.1, -0.05) is 30.2 Å². The molecule has 138 valence electrons. The van der Waals surface area contributed by atoms with Gasteiger partial charge in [-0.25, -0.2) is 0 Å². The second-order valence-corrected chi connectivity index (χ2v) is 9.27. The third-order valence-corrected chi connectivity index (χ3v) is 6.15. The number of hydrogen-bond acceptors (Lipinski definition) is 4. The van der Waals surface area contributed by atoms with Crippen LogP contribution in [0.3, 0.4) is 0 Å². The van der Waals surface area contributed by atoms with E-state index in [0.717, 1.165) is 50.5 Å². The molecule has 1 atom stereocenters. The molecule has 0 aromatic heterocycles. The lowest BCUT2D eigenvalue weighted by molar-refractivity contribution is -0.143. The first kappa shape index (κ1) is 18.7. The highest BCUT2D eigenvalue weighted by Gasteiger charge is 2.48. The van der Waals surface area contributed by atoms with Crippen molar-refractivity contribution in [1.29, 1.82) is 0 Å². The van der Waals surface area contributed by atoms with Crippen molar-refractivity contribution in [2.45, 2.75) is 37.5 Å². The summed E-state index contributed by atoms with van der Waals surface area (Å²) in [6, 6.07) is 7.58. The molecule has 0 radical (unpaired) electrons. The quantitative estimate of drug-likeness (QED) is 0.731. The summed E-state index contributed by atoms with van der Waals surface area (Å²) >= 11 is 5.98. The Morgan fingerprint density at radius 2 is 1.96 bits per heavy atom. The van der Waals surface area contributed by atoms with Crippen LogP contribution in [0.25, 0.3) is 0 Å². The van der Waals surface area contributed by atoms with Gasteiger partial charge in [0.25, 0.3) is 10.1 Å². The largest absolute Gasteiger partial charge is 0.342 e. The molecule has 2 fully saturated rings. The highest BCUT2D eigenvalue weighted by molar-refractivity contribution is 7.85. The molecule has 1 aliphatic carbocycles. The van der Waals surface area contributed by atoms with Crippen LogP contribution >= 0.6 is 11.6 Å². The number of carbonyl (C=O) groups is 1. The molecule has 7 heteroatoms. The first-order chi connectivity index (χ1) is 11.8. The van der Waals surface area contributed by atoms with Gasteiger partial charge >= 0.3 is 0 Å². The molecule has 1 aromatic rings. The van der Waals surface area contributed by atoms with E-state index in [-0.39, 0.29) is 18.4 Å². The summed E-state index contributed by atoms with van der Waals surface area (Å²) in [5, 5.41) is 0.668. The fourth-order valence-corrected chi connectivity index (χ4v) is 4.40. The van der Waals surface area contributed by atoms with E-state index < -0.39 is 15.5 Å². The normalized spacial score (nSPS) is 23.1. The van der Waals surface area contributed by atoms with Crippen LogP contribution in [-0.4, -0.2) is 45.2 Å². The highest BCUT2D eigenvalue weighted by Crippen LogP contribution is 2.46. The number of rotatable bonds is 5. The van der Waals surface area contributed by atoms with Crippen molar-refractivity contribution in [2.75, 3.05) is 26.0 Å². The number of piperidine rings is 1. The van der Waals surface area contributed by atoms with E-state index in [0.29, 0.717) is 11.6 Å². The van der Waals surface area contributed by atoms with Gasteiger partial charge in [-0.05, 0) is 43.4 Å². The van der Waals surface area contributed by atoms with E-state index in [1.165, 1.54) is 0 Å². The third-order valence-electron chi connectivity index (χ3n) is 5.34. The van der Waals surface area contributed by atoms with Crippen LogP contribution in [0.4, 0.5) is 0 Å². The van der Waals surface area contributed by atoms with Gasteiger partial charge < -0.3 is 4.90 Å².